The number of likely N-dealkylation sites (tertiary alicyclic amines) is 1. The van der Waals surface area contributed by atoms with Crippen molar-refractivity contribution in [2.75, 3.05) is 19.6 Å². The molecule has 0 radical (unpaired) electrons. The van der Waals surface area contributed by atoms with Crippen LogP contribution in [0.25, 0.3) is 0 Å². The molecule has 130 valence electrons. The van der Waals surface area contributed by atoms with Gasteiger partial charge in [0.15, 0.2) is 0 Å². The molecule has 6 nitrogen and oxygen atoms in total. The van der Waals surface area contributed by atoms with Crippen LogP contribution >= 0.6 is 0 Å². The predicted molar refractivity (Wildman–Crippen MR) is 85.3 cm³/mol. The maximum Gasteiger partial charge on any atom is 0.335 e. The summed E-state index contributed by atoms with van der Waals surface area (Å²) in [5, 5.41) is 11.7. The molecule has 0 spiro atoms. The molecule has 1 aliphatic heterocycles. The number of halogens is 1. The average Bonchev–Trinajstić information content (AvgIpc) is 2.59. The summed E-state index contributed by atoms with van der Waals surface area (Å²) in [5.41, 5.74) is -0.380. The molecular weight excluding hydrogens is 315 g/mol. The van der Waals surface area contributed by atoms with Crippen molar-refractivity contribution in [2.24, 2.45) is 5.92 Å². The molecular formula is C17H21FN2O4. The third-order valence-electron chi connectivity index (χ3n) is 4.08. The summed E-state index contributed by atoms with van der Waals surface area (Å²) in [6, 6.07) is 3.22. The van der Waals surface area contributed by atoms with Crippen LogP contribution in [0, 0.1) is 11.7 Å². The van der Waals surface area contributed by atoms with Gasteiger partial charge < -0.3 is 15.3 Å². The fourth-order valence-electron chi connectivity index (χ4n) is 2.76. The van der Waals surface area contributed by atoms with E-state index in [0.717, 1.165) is 12.5 Å². The monoisotopic (exact) mass is 336 g/mol. The van der Waals surface area contributed by atoms with E-state index in [1.165, 1.54) is 17.0 Å². The van der Waals surface area contributed by atoms with Gasteiger partial charge >= 0.3 is 5.97 Å². The minimum atomic E-state index is -1.25. The lowest BCUT2D eigenvalue weighted by Gasteiger charge is -2.32. The molecule has 24 heavy (non-hydrogen) atoms. The number of nitrogens with one attached hydrogen (secondary N) is 1. The maximum absolute atomic E-state index is 14.0. The summed E-state index contributed by atoms with van der Waals surface area (Å²) in [4.78, 5) is 36.8. The van der Waals surface area contributed by atoms with Crippen LogP contribution in [0.15, 0.2) is 18.2 Å². The van der Waals surface area contributed by atoms with E-state index >= 15 is 0 Å². The van der Waals surface area contributed by atoms with Crippen LogP contribution in [0.4, 0.5) is 4.39 Å². The number of rotatable bonds is 5. The SMILES string of the molecule is CCCNC(=O)C1CCCN(C(=O)c2ccc(C(=O)O)cc2F)C1. The quantitative estimate of drug-likeness (QED) is 0.860. The van der Waals surface area contributed by atoms with Gasteiger partial charge in [-0.3, -0.25) is 9.59 Å². The maximum atomic E-state index is 14.0. The Balaban J connectivity index is 2.09. The van der Waals surface area contributed by atoms with Gasteiger partial charge in [0.1, 0.15) is 5.82 Å². The molecule has 1 unspecified atom stereocenters. The Morgan fingerprint density at radius 1 is 1.38 bits per heavy atom. The van der Waals surface area contributed by atoms with Gasteiger partial charge in [-0.2, -0.15) is 0 Å². The molecule has 2 rings (SSSR count). The molecule has 1 atom stereocenters. The highest BCUT2D eigenvalue weighted by Crippen LogP contribution is 2.20. The number of nitrogens with zero attached hydrogens (tertiary/aromatic N) is 1. The molecule has 1 aliphatic rings. The summed E-state index contributed by atoms with van der Waals surface area (Å²) in [6.07, 6.45) is 2.20. The molecule has 1 fully saturated rings. The summed E-state index contributed by atoms with van der Waals surface area (Å²) in [6.45, 7) is 3.25. The predicted octanol–water partition coefficient (Wildman–Crippen LogP) is 1.90. The van der Waals surface area contributed by atoms with Crippen LogP contribution < -0.4 is 5.32 Å². The second-order valence-corrected chi connectivity index (χ2v) is 5.88. The van der Waals surface area contributed by atoms with Crippen LogP contribution in [-0.2, 0) is 4.79 Å². The van der Waals surface area contributed by atoms with Crippen molar-refractivity contribution in [3.05, 3.63) is 35.1 Å². The second kappa shape index (κ2) is 7.90. The standard InChI is InChI=1S/C17H21FN2O4/c1-2-7-19-15(21)12-4-3-8-20(10-12)16(22)13-6-5-11(17(23)24)9-14(13)18/h5-6,9,12H,2-4,7-8,10H2,1H3,(H,19,21)(H,23,24). The number of carboxylic acids is 1. The number of carbonyl (C=O) groups is 3. The summed E-state index contributed by atoms with van der Waals surface area (Å²) < 4.78 is 14.0. The molecule has 2 N–H and O–H groups in total. The van der Waals surface area contributed by atoms with Crippen molar-refractivity contribution < 1.29 is 23.9 Å². The van der Waals surface area contributed by atoms with Gasteiger partial charge in [0.05, 0.1) is 17.0 Å². The zero-order valence-electron chi connectivity index (χ0n) is 13.5. The number of benzene rings is 1. The summed E-state index contributed by atoms with van der Waals surface area (Å²) in [7, 11) is 0. The van der Waals surface area contributed by atoms with E-state index in [0.29, 0.717) is 25.9 Å². The largest absolute Gasteiger partial charge is 0.478 e. The smallest absolute Gasteiger partial charge is 0.335 e. The molecule has 2 amide bonds. The fourth-order valence-corrected chi connectivity index (χ4v) is 2.76. The van der Waals surface area contributed by atoms with E-state index in [1.807, 2.05) is 6.92 Å². The number of carbonyl (C=O) groups excluding carboxylic acids is 2. The van der Waals surface area contributed by atoms with Crippen LogP contribution in [0.3, 0.4) is 0 Å². The van der Waals surface area contributed by atoms with Crippen molar-refractivity contribution in [2.45, 2.75) is 26.2 Å². The fraction of sp³-hybridized carbons (Fsp3) is 0.471. The van der Waals surface area contributed by atoms with Crippen molar-refractivity contribution >= 4 is 17.8 Å². The number of hydrogen-bond acceptors (Lipinski definition) is 3. The third kappa shape index (κ3) is 4.10. The first-order chi connectivity index (χ1) is 11.4. The number of hydrogen-bond donors (Lipinski definition) is 2. The number of aromatic carboxylic acids is 1. The van der Waals surface area contributed by atoms with E-state index in [-0.39, 0.29) is 29.5 Å². The highest BCUT2D eigenvalue weighted by molar-refractivity contribution is 5.96. The lowest BCUT2D eigenvalue weighted by atomic mass is 9.96. The summed E-state index contributed by atoms with van der Waals surface area (Å²) >= 11 is 0. The Morgan fingerprint density at radius 2 is 2.12 bits per heavy atom. The lowest BCUT2D eigenvalue weighted by molar-refractivity contribution is -0.126. The van der Waals surface area contributed by atoms with Crippen molar-refractivity contribution in [3.63, 3.8) is 0 Å². The van der Waals surface area contributed by atoms with E-state index in [2.05, 4.69) is 5.32 Å². The van der Waals surface area contributed by atoms with Gasteiger partial charge in [0.2, 0.25) is 5.91 Å². The molecule has 0 aromatic heterocycles. The van der Waals surface area contributed by atoms with Crippen LogP contribution in [-0.4, -0.2) is 47.4 Å². The molecule has 1 aromatic carbocycles. The Labute approximate surface area is 139 Å². The number of amides is 2. The minimum Gasteiger partial charge on any atom is -0.478 e. The Bertz CT molecular complexity index is 647. The highest BCUT2D eigenvalue weighted by Gasteiger charge is 2.29. The molecule has 0 aliphatic carbocycles. The first kappa shape index (κ1) is 17.9. The van der Waals surface area contributed by atoms with Crippen molar-refractivity contribution in [1.29, 1.82) is 0 Å². The van der Waals surface area contributed by atoms with Gasteiger partial charge in [-0.25, -0.2) is 9.18 Å². The van der Waals surface area contributed by atoms with Gasteiger partial charge in [0.25, 0.3) is 5.91 Å². The molecule has 1 heterocycles. The van der Waals surface area contributed by atoms with E-state index in [4.69, 9.17) is 5.11 Å². The molecule has 7 heteroatoms. The topological polar surface area (TPSA) is 86.7 Å². The molecule has 1 aromatic rings. The first-order valence-electron chi connectivity index (χ1n) is 8.03. The lowest BCUT2D eigenvalue weighted by Crippen LogP contribution is -2.45. The number of piperidine rings is 1. The van der Waals surface area contributed by atoms with Gasteiger partial charge in [0, 0.05) is 19.6 Å². The normalized spacial score (nSPS) is 17.4. The third-order valence-corrected chi connectivity index (χ3v) is 4.08. The molecule has 1 saturated heterocycles. The van der Waals surface area contributed by atoms with E-state index in [9.17, 15) is 18.8 Å². The van der Waals surface area contributed by atoms with Crippen LogP contribution in [0.5, 0.6) is 0 Å². The average molecular weight is 336 g/mol. The highest BCUT2D eigenvalue weighted by atomic mass is 19.1. The minimum absolute atomic E-state index is 0.0870. The van der Waals surface area contributed by atoms with Gasteiger partial charge in [-0.15, -0.1) is 0 Å². The number of carboxylic acid groups (broad SMARTS) is 1. The molecule has 0 bridgehead atoms. The first-order valence-corrected chi connectivity index (χ1v) is 8.03. The Hall–Kier alpha value is -2.44. The summed E-state index contributed by atoms with van der Waals surface area (Å²) in [5.74, 6) is -3.01. The van der Waals surface area contributed by atoms with Crippen LogP contribution in [0.1, 0.15) is 46.9 Å². The van der Waals surface area contributed by atoms with Crippen molar-refractivity contribution in [1.82, 2.24) is 10.2 Å². The van der Waals surface area contributed by atoms with Crippen molar-refractivity contribution in [3.8, 4) is 0 Å². The Kier molecular flexibility index (Phi) is 5.89. The zero-order valence-corrected chi connectivity index (χ0v) is 13.5. The molecule has 0 saturated carbocycles. The van der Waals surface area contributed by atoms with E-state index < -0.39 is 17.7 Å². The van der Waals surface area contributed by atoms with Gasteiger partial charge in [-0.05, 0) is 37.5 Å². The Morgan fingerprint density at radius 3 is 2.75 bits per heavy atom. The van der Waals surface area contributed by atoms with Crippen LogP contribution in [0.2, 0.25) is 0 Å². The zero-order chi connectivity index (χ0) is 17.7. The van der Waals surface area contributed by atoms with Gasteiger partial charge in [-0.1, -0.05) is 6.92 Å². The second-order valence-electron chi connectivity index (χ2n) is 5.88. The van der Waals surface area contributed by atoms with E-state index in [1.54, 1.807) is 0 Å².